The molecule has 0 fully saturated rings. The first-order valence-corrected chi connectivity index (χ1v) is 11.0. The van der Waals surface area contributed by atoms with E-state index in [0.29, 0.717) is 12.2 Å². The van der Waals surface area contributed by atoms with Crippen LogP contribution in [-0.4, -0.2) is 87.9 Å². The summed E-state index contributed by atoms with van der Waals surface area (Å²) >= 11 is 1.54. The van der Waals surface area contributed by atoms with Gasteiger partial charge in [-0.3, -0.25) is 14.4 Å². The third-order valence-corrected chi connectivity index (χ3v) is 4.81. The van der Waals surface area contributed by atoms with Gasteiger partial charge in [0.1, 0.15) is 18.1 Å². The Hall–Kier alpha value is -1.89. The highest BCUT2D eigenvalue weighted by Crippen LogP contribution is 2.08. The van der Waals surface area contributed by atoms with Crippen LogP contribution in [0.15, 0.2) is 0 Å². The number of carboxylic acid groups (broad SMARTS) is 1. The van der Waals surface area contributed by atoms with Crippen molar-refractivity contribution in [2.45, 2.75) is 63.9 Å². The molecule has 0 aliphatic heterocycles. The molecular formula is C18H34N4O7S. The molecule has 174 valence electrons. The molecule has 11 nitrogen and oxygen atoms in total. The van der Waals surface area contributed by atoms with Gasteiger partial charge in [-0.2, -0.15) is 11.8 Å². The van der Waals surface area contributed by atoms with Crippen molar-refractivity contribution in [2.24, 2.45) is 11.7 Å². The fourth-order valence-electron chi connectivity index (χ4n) is 2.46. The molecule has 0 aromatic rings. The molecule has 0 spiro atoms. The van der Waals surface area contributed by atoms with Gasteiger partial charge in [0.2, 0.25) is 17.7 Å². The Balaban J connectivity index is 5.28. The Labute approximate surface area is 180 Å². The largest absolute Gasteiger partial charge is 0.480 e. The van der Waals surface area contributed by atoms with Crippen molar-refractivity contribution < 1.29 is 34.5 Å². The van der Waals surface area contributed by atoms with Gasteiger partial charge in [-0.25, -0.2) is 4.79 Å². The third kappa shape index (κ3) is 10.2. The number of amides is 3. The molecule has 8 N–H and O–H groups in total. The fraction of sp³-hybridized carbons (Fsp3) is 0.778. The van der Waals surface area contributed by atoms with Crippen LogP contribution in [0.2, 0.25) is 0 Å². The van der Waals surface area contributed by atoms with E-state index in [2.05, 4.69) is 10.6 Å². The highest BCUT2D eigenvalue weighted by molar-refractivity contribution is 7.98. The Kier molecular flexibility index (Phi) is 13.3. The second-order valence-electron chi connectivity index (χ2n) is 7.39. The predicted octanol–water partition coefficient (Wildman–Crippen LogP) is -1.97. The van der Waals surface area contributed by atoms with Crippen LogP contribution in [0.4, 0.5) is 0 Å². The van der Waals surface area contributed by atoms with Crippen molar-refractivity contribution in [3.05, 3.63) is 0 Å². The van der Waals surface area contributed by atoms with Gasteiger partial charge in [0, 0.05) is 0 Å². The number of thioether (sulfide) groups is 1. The minimum atomic E-state index is -1.59. The SMILES string of the molecule is CSCCC(N)C(=O)NC(CC(C)C)C(=O)NC(C(=O)NC(CO)C(=O)O)C(C)O. The molecular weight excluding hydrogens is 416 g/mol. The standard InChI is InChI=1S/C18H34N4O7S/c1-9(2)7-12(20-15(25)11(19)5-6-30-4)16(26)22-14(10(3)24)17(27)21-13(8-23)18(28)29/h9-14,23-24H,5-8,19H2,1-4H3,(H,20,25)(H,21,27)(H,22,26)(H,28,29). The lowest BCUT2D eigenvalue weighted by Crippen LogP contribution is -2.60. The van der Waals surface area contributed by atoms with Gasteiger partial charge in [0.05, 0.1) is 18.8 Å². The molecule has 30 heavy (non-hydrogen) atoms. The van der Waals surface area contributed by atoms with Crippen LogP contribution in [0.25, 0.3) is 0 Å². The van der Waals surface area contributed by atoms with E-state index in [1.807, 2.05) is 25.4 Å². The second kappa shape index (κ2) is 14.2. The molecule has 0 heterocycles. The minimum absolute atomic E-state index is 0.0214. The molecule has 0 radical (unpaired) electrons. The van der Waals surface area contributed by atoms with Crippen LogP contribution in [0, 0.1) is 5.92 Å². The fourth-order valence-corrected chi connectivity index (χ4v) is 2.95. The summed E-state index contributed by atoms with van der Waals surface area (Å²) < 4.78 is 0. The van der Waals surface area contributed by atoms with Crippen LogP contribution in [0.3, 0.4) is 0 Å². The first-order valence-electron chi connectivity index (χ1n) is 9.61. The van der Waals surface area contributed by atoms with Crippen molar-refractivity contribution in [1.82, 2.24) is 16.0 Å². The van der Waals surface area contributed by atoms with Crippen LogP contribution in [-0.2, 0) is 19.2 Å². The van der Waals surface area contributed by atoms with E-state index in [4.69, 9.17) is 15.9 Å². The van der Waals surface area contributed by atoms with Gasteiger partial charge in [-0.15, -0.1) is 0 Å². The third-order valence-electron chi connectivity index (χ3n) is 4.17. The topological polar surface area (TPSA) is 191 Å². The van der Waals surface area contributed by atoms with Crippen LogP contribution >= 0.6 is 11.8 Å². The summed E-state index contributed by atoms with van der Waals surface area (Å²) in [5.41, 5.74) is 5.84. The molecule has 5 atom stereocenters. The number of aliphatic carboxylic acids is 1. The molecule has 0 aliphatic carbocycles. The Bertz CT molecular complexity index is 589. The quantitative estimate of drug-likeness (QED) is 0.157. The van der Waals surface area contributed by atoms with Crippen LogP contribution in [0.1, 0.15) is 33.6 Å². The predicted molar refractivity (Wildman–Crippen MR) is 113 cm³/mol. The number of nitrogens with two attached hydrogens (primary N) is 1. The molecule has 0 rings (SSSR count). The van der Waals surface area contributed by atoms with E-state index in [-0.39, 0.29) is 12.3 Å². The molecule has 0 aromatic carbocycles. The van der Waals surface area contributed by atoms with E-state index < -0.39 is 60.6 Å². The minimum Gasteiger partial charge on any atom is -0.480 e. The molecule has 0 saturated carbocycles. The molecule has 12 heteroatoms. The first kappa shape index (κ1) is 28.1. The van der Waals surface area contributed by atoms with Gasteiger partial charge in [0.15, 0.2) is 0 Å². The Morgan fingerprint density at radius 1 is 0.967 bits per heavy atom. The Morgan fingerprint density at radius 3 is 1.97 bits per heavy atom. The number of rotatable bonds is 14. The summed E-state index contributed by atoms with van der Waals surface area (Å²) in [6.45, 7) is 4.07. The van der Waals surface area contributed by atoms with Crippen molar-refractivity contribution >= 4 is 35.5 Å². The average Bonchev–Trinajstić information content (AvgIpc) is 2.66. The summed E-state index contributed by atoms with van der Waals surface area (Å²) in [6, 6.07) is -4.87. The number of aliphatic hydroxyl groups excluding tert-OH is 2. The average molecular weight is 451 g/mol. The van der Waals surface area contributed by atoms with Crippen molar-refractivity contribution in [1.29, 1.82) is 0 Å². The number of hydrogen-bond acceptors (Lipinski definition) is 8. The number of carboxylic acids is 1. The molecule has 0 bridgehead atoms. The lowest BCUT2D eigenvalue weighted by molar-refractivity contribution is -0.144. The molecule has 3 amide bonds. The maximum atomic E-state index is 12.7. The number of carbonyl (C=O) groups is 4. The number of hydrogen-bond donors (Lipinski definition) is 7. The molecule has 0 aliphatic rings. The van der Waals surface area contributed by atoms with Gasteiger partial charge >= 0.3 is 5.97 Å². The first-order chi connectivity index (χ1) is 13.9. The lowest BCUT2D eigenvalue weighted by atomic mass is 10.0. The lowest BCUT2D eigenvalue weighted by Gasteiger charge is -2.27. The summed E-state index contributed by atoms with van der Waals surface area (Å²) in [4.78, 5) is 48.3. The number of nitrogens with one attached hydrogen (secondary N) is 3. The summed E-state index contributed by atoms with van der Waals surface area (Å²) in [6.07, 6.45) is 1.21. The van der Waals surface area contributed by atoms with E-state index >= 15 is 0 Å². The normalized spacial score (nSPS) is 16.1. The van der Waals surface area contributed by atoms with E-state index in [1.165, 1.54) is 18.7 Å². The smallest absolute Gasteiger partial charge is 0.328 e. The van der Waals surface area contributed by atoms with Crippen LogP contribution < -0.4 is 21.7 Å². The molecule has 5 unspecified atom stereocenters. The summed E-state index contributed by atoms with van der Waals surface area (Å²) in [5, 5.41) is 34.8. The summed E-state index contributed by atoms with van der Waals surface area (Å²) in [5.74, 6) is -2.97. The zero-order valence-corrected chi connectivity index (χ0v) is 18.6. The van der Waals surface area contributed by atoms with Crippen molar-refractivity contribution in [3.63, 3.8) is 0 Å². The van der Waals surface area contributed by atoms with Gasteiger partial charge in [0.25, 0.3) is 0 Å². The Morgan fingerprint density at radius 2 is 1.53 bits per heavy atom. The van der Waals surface area contributed by atoms with E-state index in [0.717, 1.165) is 0 Å². The zero-order valence-electron chi connectivity index (χ0n) is 17.8. The molecule has 0 saturated heterocycles. The van der Waals surface area contributed by atoms with Gasteiger partial charge in [-0.05, 0) is 37.7 Å². The van der Waals surface area contributed by atoms with Gasteiger partial charge < -0.3 is 37.0 Å². The van der Waals surface area contributed by atoms with Gasteiger partial charge in [-0.1, -0.05) is 13.8 Å². The molecule has 0 aromatic heterocycles. The van der Waals surface area contributed by atoms with E-state index in [1.54, 1.807) is 0 Å². The van der Waals surface area contributed by atoms with E-state index in [9.17, 15) is 24.3 Å². The number of aliphatic hydroxyl groups is 2. The van der Waals surface area contributed by atoms with Crippen LogP contribution in [0.5, 0.6) is 0 Å². The highest BCUT2D eigenvalue weighted by Gasteiger charge is 2.32. The summed E-state index contributed by atoms with van der Waals surface area (Å²) in [7, 11) is 0. The maximum Gasteiger partial charge on any atom is 0.328 e. The van der Waals surface area contributed by atoms with Crippen molar-refractivity contribution in [2.75, 3.05) is 18.6 Å². The zero-order chi connectivity index (χ0) is 23.4. The highest BCUT2D eigenvalue weighted by atomic mass is 32.2. The second-order valence-corrected chi connectivity index (χ2v) is 8.37. The number of carbonyl (C=O) groups excluding carboxylic acids is 3. The monoisotopic (exact) mass is 450 g/mol. The van der Waals surface area contributed by atoms with Crippen molar-refractivity contribution in [3.8, 4) is 0 Å². The maximum absolute atomic E-state index is 12.7.